The van der Waals surface area contributed by atoms with Gasteiger partial charge in [-0.25, -0.2) is 5.43 Å². The van der Waals surface area contributed by atoms with Gasteiger partial charge >= 0.3 is 0 Å². The van der Waals surface area contributed by atoms with E-state index in [2.05, 4.69) is 22.0 Å². The summed E-state index contributed by atoms with van der Waals surface area (Å²) in [6, 6.07) is 11.5. The Bertz CT molecular complexity index is 942. The molecule has 3 aromatic rings. The molecule has 1 amide bonds. The molecule has 0 unspecified atom stereocenters. The minimum Gasteiger partial charge on any atom is -0.318 e. The zero-order chi connectivity index (χ0) is 18.0. The highest BCUT2D eigenvalue weighted by Gasteiger charge is 2.12. The second-order valence-electron chi connectivity index (χ2n) is 5.77. The van der Waals surface area contributed by atoms with Crippen LogP contribution in [-0.4, -0.2) is 16.7 Å². The maximum atomic E-state index is 11.9. The average molecular weight is 372 g/mol. The van der Waals surface area contributed by atoms with E-state index in [1.807, 2.05) is 49.6 Å². The smallest absolute Gasteiger partial charge is 0.281 e. The Morgan fingerprint density at radius 2 is 2.04 bits per heavy atom. The fourth-order valence-electron chi connectivity index (χ4n) is 2.74. The molecule has 0 spiro atoms. The molecule has 0 radical (unpaired) electrons. The van der Waals surface area contributed by atoms with Crippen LogP contribution in [0.2, 0.25) is 5.02 Å². The summed E-state index contributed by atoms with van der Waals surface area (Å²) in [5, 5.41) is 6.65. The van der Waals surface area contributed by atoms with Gasteiger partial charge in [0.15, 0.2) is 0 Å². The van der Waals surface area contributed by atoms with Gasteiger partial charge in [0.2, 0.25) is 0 Å². The van der Waals surface area contributed by atoms with Gasteiger partial charge in [-0.05, 0) is 56.0 Å². The molecule has 0 atom stereocenters. The van der Waals surface area contributed by atoms with E-state index in [0.29, 0.717) is 9.90 Å². The van der Waals surface area contributed by atoms with Crippen molar-refractivity contribution in [1.29, 1.82) is 0 Å². The lowest BCUT2D eigenvalue weighted by atomic mass is 10.2. The van der Waals surface area contributed by atoms with Crippen molar-refractivity contribution in [3.63, 3.8) is 0 Å². The zero-order valence-corrected chi connectivity index (χ0v) is 15.8. The predicted molar refractivity (Wildman–Crippen MR) is 104 cm³/mol. The Morgan fingerprint density at radius 3 is 2.76 bits per heavy atom. The Hall–Kier alpha value is -2.37. The number of aromatic nitrogens is 1. The maximum Gasteiger partial charge on any atom is 0.281 e. The summed E-state index contributed by atoms with van der Waals surface area (Å²) in [5.74, 6) is -0.203. The van der Waals surface area contributed by atoms with Crippen molar-refractivity contribution in [2.24, 2.45) is 5.10 Å². The molecule has 0 aliphatic rings. The highest BCUT2D eigenvalue weighted by atomic mass is 35.5. The first-order valence-electron chi connectivity index (χ1n) is 7.79. The van der Waals surface area contributed by atoms with Crippen molar-refractivity contribution < 1.29 is 4.79 Å². The predicted octanol–water partition coefficient (Wildman–Crippen LogP) is 4.88. The van der Waals surface area contributed by atoms with Crippen LogP contribution in [0.1, 0.15) is 32.2 Å². The highest BCUT2D eigenvalue weighted by molar-refractivity contribution is 7.12. The number of benzene rings is 1. The van der Waals surface area contributed by atoms with E-state index >= 15 is 0 Å². The maximum absolute atomic E-state index is 11.9. The van der Waals surface area contributed by atoms with Crippen LogP contribution in [0.4, 0.5) is 0 Å². The van der Waals surface area contributed by atoms with E-state index in [4.69, 9.17) is 11.6 Å². The summed E-state index contributed by atoms with van der Waals surface area (Å²) in [6.45, 7) is 6.12. The number of carbonyl (C=O) groups excluding carboxylic acids is 1. The number of carbonyl (C=O) groups is 1. The Kier molecular flexibility index (Phi) is 5.06. The number of rotatable bonds is 4. The minimum atomic E-state index is -0.203. The lowest BCUT2D eigenvalue weighted by Gasteiger charge is -2.13. The fourth-order valence-corrected chi connectivity index (χ4v) is 3.52. The van der Waals surface area contributed by atoms with Gasteiger partial charge in [0.05, 0.1) is 11.1 Å². The average Bonchev–Trinajstić information content (AvgIpc) is 3.19. The number of hydrazone groups is 1. The zero-order valence-electron chi connectivity index (χ0n) is 14.2. The van der Waals surface area contributed by atoms with Gasteiger partial charge in [-0.3, -0.25) is 4.79 Å². The van der Waals surface area contributed by atoms with Crippen LogP contribution < -0.4 is 5.43 Å². The summed E-state index contributed by atoms with van der Waals surface area (Å²) in [5.41, 5.74) is 7.81. The standard InChI is InChI=1S/C19H18ClN3OS/c1-12-6-7-16(20)10-17(12)23-13(2)9-15(14(23)3)11-21-22-19(24)18-5-4-8-25-18/h4-11H,1-3H3,(H,22,24)/b21-11-. The third-order valence-corrected chi connectivity index (χ3v) is 5.10. The largest absolute Gasteiger partial charge is 0.318 e. The van der Waals surface area contributed by atoms with Crippen molar-refractivity contribution in [2.75, 3.05) is 0 Å². The number of hydrogen-bond donors (Lipinski definition) is 1. The summed E-state index contributed by atoms with van der Waals surface area (Å²) in [7, 11) is 0. The molecule has 0 saturated heterocycles. The molecule has 0 saturated carbocycles. The van der Waals surface area contributed by atoms with Crippen LogP contribution >= 0.6 is 22.9 Å². The minimum absolute atomic E-state index is 0.203. The Balaban J connectivity index is 1.86. The second kappa shape index (κ2) is 7.25. The molecular weight excluding hydrogens is 354 g/mol. The van der Waals surface area contributed by atoms with Crippen LogP contribution in [0.25, 0.3) is 5.69 Å². The molecule has 0 bridgehead atoms. The molecule has 0 aliphatic heterocycles. The SMILES string of the molecule is Cc1ccc(Cl)cc1-n1c(C)cc(/C=N\NC(=O)c2cccs2)c1C. The van der Waals surface area contributed by atoms with Crippen molar-refractivity contribution in [2.45, 2.75) is 20.8 Å². The number of amides is 1. The number of nitrogens with zero attached hydrogens (tertiary/aromatic N) is 2. The lowest BCUT2D eigenvalue weighted by Crippen LogP contribution is -2.16. The van der Waals surface area contributed by atoms with Crippen LogP contribution in [0.5, 0.6) is 0 Å². The third-order valence-electron chi connectivity index (χ3n) is 4.00. The van der Waals surface area contributed by atoms with E-state index in [9.17, 15) is 4.79 Å². The molecule has 3 rings (SSSR count). The first kappa shape index (κ1) is 17.5. The van der Waals surface area contributed by atoms with Gasteiger partial charge in [0.1, 0.15) is 0 Å². The van der Waals surface area contributed by atoms with Gasteiger partial charge in [0.25, 0.3) is 5.91 Å². The molecule has 2 heterocycles. The van der Waals surface area contributed by atoms with E-state index in [-0.39, 0.29) is 5.91 Å². The monoisotopic (exact) mass is 371 g/mol. The number of thiophene rings is 1. The van der Waals surface area contributed by atoms with Gasteiger partial charge in [-0.2, -0.15) is 5.10 Å². The van der Waals surface area contributed by atoms with Crippen molar-refractivity contribution >= 4 is 35.1 Å². The molecule has 0 fully saturated rings. The summed E-state index contributed by atoms with van der Waals surface area (Å²) in [6.07, 6.45) is 1.67. The molecule has 1 N–H and O–H groups in total. The Labute approximate surface area is 155 Å². The first-order chi connectivity index (χ1) is 12.0. The summed E-state index contributed by atoms with van der Waals surface area (Å²) >= 11 is 7.54. The van der Waals surface area contributed by atoms with Crippen LogP contribution in [-0.2, 0) is 0 Å². The molecule has 25 heavy (non-hydrogen) atoms. The highest BCUT2D eigenvalue weighted by Crippen LogP contribution is 2.25. The van der Waals surface area contributed by atoms with Crippen molar-refractivity contribution in [3.8, 4) is 5.69 Å². The van der Waals surface area contributed by atoms with Crippen LogP contribution in [0.3, 0.4) is 0 Å². The van der Waals surface area contributed by atoms with E-state index in [1.165, 1.54) is 11.3 Å². The van der Waals surface area contributed by atoms with E-state index in [1.54, 1.807) is 12.3 Å². The fraction of sp³-hybridized carbons (Fsp3) is 0.158. The number of nitrogens with one attached hydrogen (secondary N) is 1. The molecule has 128 valence electrons. The summed E-state index contributed by atoms with van der Waals surface area (Å²) in [4.78, 5) is 12.6. The van der Waals surface area contributed by atoms with Gasteiger partial charge in [-0.1, -0.05) is 23.7 Å². The van der Waals surface area contributed by atoms with E-state index < -0.39 is 0 Å². The molecule has 2 aromatic heterocycles. The van der Waals surface area contributed by atoms with Gasteiger partial charge in [-0.15, -0.1) is 11.3 Å². The quantitative estimate of drug-likeness (QED) is 0.515. The topological polar surface area (TPSA) is 46.4 Å². The van der Waals surface area contributed by atoms with Crippen LogP contribution in [0, 0.1) is 20.8 Å². The van der Waals surface area contributed by atoms with Crippen molar-refractivity contribution in [1.82, 2.24) is 9.99 Å². The van der Waals surface area contributed by atoms with Crippen LogP contribution in [0.15, 0.2) is 46.9 Å². The molecule has 6 heteroatoms. The molecule has 4 nitrogen and oxygen atoms in total. The second-order valence-corrected chi connectivity index (χ2v) is 7.15. The first-order valence-corrected chi connectivity index (χ1v) is 9.05. The lowest BCUT2D eigenvalue weighted by molar-refractivity contribution is 0.0959. The normalized spacial score (nSPS) is 11.2. The van der Waals surface area contributed by atoms with Crippen molar-refractivity contribution in [3.05, 3.63) is 74.2 Å². The van der Waals surface area contributed by atoms with E-state index in [0.717, 1.165) is 28.2 Å². The number of hydrogen-bond acceptors (Lipinski definition) is 3. The molecular formula is C19H18ClN3OS. The molecule has 0 aliphatic carbocycles. The molecule has 1 aromatic carbocycles. The summed E-state index contributed by atoms with van der Waals surface area (Å²) < 4.78 is 2.14. The van der Waals surface area contributed by atoms with Gasteiger partial charge < -0.3 is 4.57 Å². The number of halogens is 1. The number of aryl methyl sites for hydroxylation is 2. The Morgan fingerprint density at radius 1 is 1.24 bits per heavy atom. The third kappa shape index (κ3) is 3.67. The van der Waals surface area contributed by atoms with Gasteiger partial charge in [0, 0.05) is 27.7 Å².